The highest BCUT2D eigenvalue weighted by Gasteiger charge is 2.21. The lowest BCUT2D eigenvalue weighted by Crippen LogP contribution is -2.01. The predicted molar refractivity (Wildman–Crippen MR) is 242 cm³/mol. The molecule has 0 aliphatic rings. The van der Waals surface area contributed by atoms with Crippen LogP contribution in [0.5, 0.6) is 0 Å². The molecule has 0 fully saturated rings. The normalized spacial score (nSPS) is 11.7. The van der Waals surface area contributed by atoms with Crippen molar-refractivity contribution < 1.29 is 0 Å². The van der Waals surface area contributed by atoms with E-state index in [1.54, 1.807) is 0 Å². The average Bonchev–Trinajstić information content (AvgIpc) is 3.66. The van der Waals surface area contributed by atoms with Gasteiger partial charge in [0.15, 0.2) is 0 Å². The van der Waals surface area contributed by atoms with Gasteiger partial charge in [-0.05, 0) is 113 Å². The van der Waals surface area contributed by atoms with E-state index in [1.165, 1.54) is 87.6 Å². The molecule has 0 N–H and O–H groups in total. The van der Waals surface area contributed by atoms with E-state index in [9.17, 15) is 0 Å². The fraction of sp³-hybridized carbons (Fsp3) is 0.0364. The summed E-state index contributed by atoms with van der Waals surface area (Å²) in [7, 11) is 0. The summed E-state index contributed by atoms with van der Waals surface area (Å²) in [6.07, 6.45) is 0.842. The first-order valence-corrected chi connectivity index (χ1v) is 19.9. The maximum Gasteiger partial charge on any atom is 0.114 e. The second-order valence-electron chi connectivity index (χ2n) is 14.9. The molecule has 0 radical (unpaired) electrons. The Morgan fingerprint density at radius 1 is 0.386 bits per heavy atom. The molecule has 0 atom stereocenters. The first-order chi connectivity index (χ1) is 28.2. The summed E-state index contributed by atoms with van der Waals surface area (Å²) in [5.74, 6) is 1.06. The van der Waals surface area contributed by atoms with Crippen LogP contribution in [0.25, 0.3) is 104 Å². The Morgan fingerprint density at radius 2 is 0.965 bits per heavy atom. The van der Waals surface area contributed by atoms with E-state index >= 15 is 0 Å². The van der Waals surface area contributed by atoms with Crippen molar-refractivity contribution in [3.8, 4) is 50.2 Å². The topological polar surface area (TPSA) is 17.8 Å². The number of aromatic nitrogens is 2. The molecule has 11 aromatic rings. The molecule has 2 heteroatoms. The number of benzene rings is 10. The van der Waals surface area contributed by atoms with Crippen molar-refractivity contribution in [2.75, 3.05) is 0 Å². The molecule has 11 rings (SSSR count). The zero-order valence-corrected chi connectivity index (χ0v) is 31.7. The Kier molecular flexibility index (Phi) is 7.82. The van der Waals surface area contributed by atoms with Gasteiger partial charge >= 0.3 is 0 Å². The van der Waals surface area contributed by atoms with Crippen molar-refractivity contribution in [2.45, 2.75) is 13.3 Å². The summed E-state index contributed by atoms with van der Waals surface area (Å²) >= 11 is 0. The number of hydrogen-bond donors (Lipinski definition) is 0. The minimum absolute atomic E-state index is 0.842. The van der Waals surface area contributed by atoms with E-state index in [1.807, 2.05) is 0 Å². The summed E-state index contributed by atoms with van der Waals surface area (Å²) in [5, 5.41) is 9.91. The third-order valence-corrected chi connectivity index (χ3v) is 11.7. The van der Waals surface area contributed by atoms with Crippen molar-refractivity contribution >= 4 is 54.1 Å². The minimum atomic E-state index is 0.842. The van der Waals surface area contributed by atoms with Gasteiger partial charge in [0.25, 0.3) is 0 Å². The zero-order chi connectivity index (χ0) is 37.9. The molecule has 268 valence electrons. The summed E-state index contributed by atoms with van der Waals surface area (Å²) in [5.41, 5.74) is 13.1. The third kappa shape index (κ3) is 5.44. The summed E-state index contributed by atoms with van der Waals surface area (Å²) < 4.78 is 2.36. The number of rotatable bonds is 6. The van der Waals surface area contributed by atoms with E-state index in [-0.39, 0.29) is 0 Å². The molecular weight excluding hydrogens is 689 g/mol. The largest absolute Gasteiger partial charge is 0.296 e. The fourth-order valence-electron chi connectivity index (χ4n) is 9.07. The molecule has 1 heterocycles. The Labute approximate surface area is 331 Å². The van der Waals surface area contributed by atoms with Gasteiger partial charge in [0.1, 0.15) is 5.82 Å². The van der Waals surface area contributed by atoms with E-state index in [4.69, 9.17) is 4.98 Å². The number of nitrogens with zero attached hydrogens (tertiary/aromatic N) is 2. The molecule has 0 amide bonds. The Hall–Kier alpha value is -7.29. The van der Waals surface area contributed by atoms with E-state index in [0.29, 0.717) is 0 Å². The van der Waals surface area contributed by atoms with Gasteiger partial charge in [-0.2, -0.15) is 0 Å². The summed E-state index contributed by atoms with van der Waals surface area (Å²) in [6.45, 7) is 2.19. The SMILES string of the molecule is CCc1nc2ccccc2n1-c1ccc(-c2c3ccccc3c(-c3ccc(-c4ccc5ccccc5c4)cc3)c3cc(-c4ccccc4)ccc23)c2ccccc12. The van der Waals surface area contributed by atoms with Crippen LogP contribution >= 0.6 is 0 Å². The van der Waals surface area contributed by atoms with Crippen molar-refractivity contribution in [1.29, 1.82) is 0 Å². The molecule has 0 bridgehead atoms. The maximum atomic E-state index is 5.05. The molecule has 2 nitrogen and oxygen atoms in total. The summed E-state index contributed by atoms with van der Waals surface area (Å²) in [6, 6.07) is 73.3. The standard InChI is InChI=1S/C55H38N2/c1-2-53-56-50-22-12-13-23-52(50)57(53)51-33-32-47(43-18-8-9-19-44(43)51)55-46-21-11-10-20-45(46)54(49-35-42(30-31-48(49)55)36-14-4-3-5-15-36)39-27-24-38(25-28-39)41-29-26-37-16-6-7-17-40(37)34-41/h3-35H,2H2,1H3. The van der Waals surface area contributed by atoms with Crippen LogP contribution < -0.4 is 0 Å². The number of hydrogen-bond acceptors (Lipinski definition) is 1. The smallest absolute Gasteiger partial charge is 0.114 e. The van der Waals surface area contributed by atoms with Gasteiger partial charge in [0.2, 0.25) is 0 Å². The van der Waals surface area contributed by atoms with Gasteiger partial charge in [-0.3, -0.25) is 4.57 Å². The maximum absolute atomic E-state index is 5.05. The van der Waals surface area contributed by atoms with E-state index in [0.717, 1.165) is 29.0 Å². The molecule has 0 aliphatic carbocycles. The molecule has 10 aromatic carbocycles. The fourth-order valence-corrected chi connectivity index (χ4v) is 9.07. The lowest BCUT2D eigenvalue weighted by Gasteiger charge is -2.21. The summed E-state index contributed by atoms with van der Waals surface area (Å²) in [4.78, 5) is 5.05. The molecule has 57 heavy (non-hydrogen) atoms. The van der Waals surface area contributed by atoms with Gasteiger partial charge in [-0.15, -0.1) is 0 Å². The van der Waals surface area contributed by atoms with Crippen molar-refractivity contribution in [1.82, 2.24) is 9.55 Å². The lowest BCUT2D eigenvalue weighted by molar-refractivity contribution is 0.913. The number of imidazole rings is 1. The Bertz CT molecular complexity index is 3320. The molecular formula is C55H38N2. The number of para-hydroxylation sites is 2. The molecule has 1 aromatic heterocycles. The van der Waals surface area contributed by atoms with Crippen LogP contribution in [0.15, 0.2) is 200 Å². The molecule has 0 spiro atoms. The van der Waals surface area contributed by atoms with Crippen LogP contribution in [0.4, 0.5) is 0 Å². The van der Waals surface area contributed by atoms with Crippen molar-refractivity contribution in [2.24, 2.45) is 0 Å². The first-order valence-electron chi connectivity index (χ1n) is 19.9. The molecule has 0 saturated heterocycles. The Morgan fingerprint density at radius 3 is 1.77 bits per heavy atom. The molecule has 0 aliphatic heterocycles. The highest BCUT2D eigenvalue weighted by molar-refractivity contribution is 6.24. The van der Waals surface area contributed by atoms with Crippen molar-refractivity contribution in [3.63, 3.8) is 0 Å². The molecule has 0 saturated carbocycles. The second-order valence-corrected chi connectivity index (χ2v) is 14.9. The molecule has 0 unspecified atom stereocenters. The van der Waals surface area contributed by atoms with Crippen LogP contribution in [0.1, 0.15) is 12.7 Å². The highest BCUT2D eigenvalue weighted by atomic mass is 15.1. The first kappa shape index (κ1) is 33.1. The lowest BCUT2D eigenvalue weighted by atomic mass is 9.83. The third-order valence-electron chi connectivity index (χ3n) is 11.7. The Balaban J connectivity index is 1.17. The van der Waals surface area contributed by atoms with Crippen LogP contribution in [0.2, 0.25) is 0 Å². The minimum Gasteiger partial charge on any atom is -0.296 e. The van der Waals surface area contributed by atoms with Gasteiger partial charge < -0.3 is 0 Å². The van der Waals surface area contributed by atoms with E-state index < -0.39 is 0 Å². The van der Waals surface area contributed by atoms with Gasteiger partial charge in [-0.1, -0.05) is 177 Å². The van der Waals surface area contributed by atoms with Crippen molar-refractivity contribution in [3.05, 3.63) is 206 Å². The van der Waals surface area contributed by atoms with Crippen LogP contribution in [-0.2, 0) is 6.42 Å². The average molecular weight is 727 g/mol. The van der Waals surface area contributed by atoms with Crippen LogP contribution in [0.3, 0.4) is 0 Å². The second kappa shape index (κ2) is 13.5. The van der Waals surface area contributed by atoms with Crippen LogP contribution in [0, 0.1) is 0 Å². The number of fused-ring (bicyclic) bond motifs is 5. The van der Waals surface area contributed by atoms with Crippen LogP contribution in [-0.4, -0.2) is 9.55 Å². The highest BCUT2D eigenvalue weighted by Crippen LogP contribution is 2.47. The predicted octanol–water partition coefficient (Wildman–Crippen LogP) is 14.9. The van der Waals surface area contributed by atoms with E-state index in [2.05, 4.69) is 212 Å². The zero-order valence-electron chi connectivity index (χ0n) is 31.7. The van der Waals surface area contributed by atoms with Gasteiger partial charge in [0, 0.05) is 11.8 Å². The quantitative estimate of drug-likeness (QED) is 0.156. The number of aryl methyl sites for hydroxylation is 1. The monoisotopic (exact) mass is 726 g/mol. The van der Waals surface area contributed by atoms with Gasteiger partial charge in [0.05, 0.1) is 16.7 Å². The van der Waals surface area contributed by atoms with Gasteiger partial charge in [-0.25, -0.2) is 4.98 Å².